The molecule has 130 valence electrons. The molecule has 1 atom stereocenters. The number of rotatable bonds is 5. The first kappa shape index (κ1) is 17.2. The Morgan fingerprint density at radius 3 is 2.64 bits per heavy atom. The van der Waals surface area contributed by atoms with E-state index in [-0.39, 0.29) is 5.91 Å². The van der Waals surface area contributed by atoms with E-state index in [0.29, 0.717) is 30.9 Å². The summed E-state index contributed by atoms with van der Waals surface area (Å²) >= 11 is 0. The van der Waals surface area contributed by atoms with Gasteiger partial charge in [-0.1, -0.05) is 25.1 Å². The fourth-order valence-electron chi connectivity index (χ4n) is 2.87. The van der Waals surface area contributed by atoms with Gasteiger partial charge in [-0.05, 0) is 53.8 Å². The summed E-state index contributed by atoms with van der Waals surface area (Å²) in [5, 5.41) is 11.8. The van der Waals surface area contributed by atoms with Crippen molar-refractivity contribution in [2.45, 2.75) is 26.4 Å². The van der Waals surface area contributed by atoms with E-state index in [2.05, 4.69) is 5.32 Å². The normalized spacial score (nSPS) is 14.4. The smallest absolute Gasteiger partial charge is 0.306 e. The number of carbonyl (C=O) groups excluding carboxylic acids is 1. The van der Waals surface area contributed by atoms with Crippen molar-refractivity contribution in [3.05, 3.63) is 64.7 Å². The molecule has 0 spiro atoms. The summed E-state index contributed by atoms with van der Waals surface area (Å²) in [5.74, 6) is -1.39. The molecule has 2 aromatic carbocycles. The highest BCUT2D eigenvalue weighted by Crippen LogP contribution is 2.20. The third-order valence-electron chi connectivity index (χ3n) is 4.42. The summed E-state index contributed by atoms with van der Waals surface area (Å²) in [5.41, 5.74) is 4.56. The predicted octanol–water partition coefficient (Wildman–Crippen LogP) is 3.27. The zero-order chi connectivity index (χ0) is 17.8. The lowest BCUT2D eigenvalue weighted by Crippen LogP contribution is -2.15. The van der Waals surface area contributed by atoms with E-state index in [1.165, 1.54) is 0 Å². The molecule has 0 saturated heterocycles. The van der Waals surface area contributed by atoms with Gasteiger partial charge in [-0.2, -0.15) is 0 Å². The van der Waals surface area contributed by atoms with E-state index in [9.17, 15) is 9.59 Å². The quantitative estimate of drug-likeness (QED) is 0.876. The molecule has 0 saturated carbocycles. The van der Waals surface area contributed by atoms with Crippen molar-refractivity contribution in [3.63, 3.8) is 0 Å². The lowest BCUT2D eigenvalue weighted by atomic mass is 10.00. The van der Waals surface area contributed by atoms with Crippen molar-refractivity contribution in [2.24, 2.45) is 5.92 Å². The molecule has 1 amide bonds. The van der Waals surface area contributed by atoms with Crippen molar-refractivity contribution in [1.82, 2.24) is 0 Å². The fourth-order valence-corrected chi connectivity index (χ4v) is 2.87. The number of carboxylic acid groups (broad SMARTS) is 1. The summed E-state index contributed by atoms with van der Waals surface area (Å²) in [6.07, 6.45) is 1.30. The number of ether oxygens (including phenoxy) is 1. The summed E-state index contributed by atoms with van der Waals surface area (Å²) in [4.78, 5) is 23.3. The lowest BCUT2D eigenvalue weighted by Gasteiger charge is -2.17. The highest BCUT2D eigenvalue weighted by molar-refractivity contribution is 6.04. The molecule has 0 fully saturated rings. The first-order valence-corrected chi connectivity index (χ1v) is 8.35. The molecular weight excluding hydrogens is 318 g/mol. The zero-order valence-corrected chi connectivity index (χ0v) is 14.1. The number of fused-ring (bicyclic) bond motifs is 1. The molecule has 2 aromatic rings. The molecule has 0 bridgehead atoms. The van der Waals surface area contributed by atoms with E-state index in [1.54, 1.807) is 19.1 Å². The van der Waals surface area contributed by atoms with E-state index in [1.807, 2.05) is 30.3 Å². The number of carbonyl (C=O) groups is 2. The van der Waals surface area contributed by atoms with Crippen molar-refractivity contribution in [1.29, 1.82) is 0 Å². The van der Waals surface area contributed by atoms with Crippen molar-refractivity contribution in [3.8, 4) is 0 Å². The Morgan fingerprint density at radius 1 is 1.16 bits per heavy atom. The van der Waals surface area contributed by atoms with Gasteiger partial charge in [0.15, 0.2) is 0 Å². The minimum absolute atomic E-state index is 0.152. The molecule has 5 heteroatoms. The van der Waals surface area contributed by atoms with Crippen LogP contribution in [-0.4, -0.2) is 23.6 Å². The Balaban J connectivity index is 1.65. The highest BCUT2D eigenvalue weighted by atomic mass is 16.5. The molecule has 0 aliphatic carbocycles. The van der Waals surface area contributed by atoms with E-state index < -0.39 is 11.9 Å². The largest absolute Gasteiger partial charge is 0.481 e. The van der Waals surface area contributed by atoms with Gasteiger partial charge in [-0.15, -0.1) is 0 Å². The summed E-state index contributed by atoms with van der Waals surface area (Å²) in [7, 11) is 0. The molecule has 3 rings (SSSR count). The van der Waals surface area contributed by atoms with Crippen LogP contribution in [0.15, 0.2) is 42.5 Å². The summed E-state index contributed by atoms with van der Waals surface area (Å²) in [6, 6.07) is 13.0. The van der Waals surface area contributed by atoms with Gasteiger partial charge in [0.05, 0.1) is 19.1 Å². The second-order valence-electron chi connectivity index (χ2n) is 6.38. The van der Waals surface area contributed by atoms with Crippen molar-refractivity contribution < 1.29 is 19.4 Å². The third-order valence-corrected chi connectivity index (χ3v) is 4.42. The number of amides is 1. The summed E-state index contributed by atoms with van der Waals surface area (Å²) in [6.45, 7) is 2.97. The maximum atomic E-state index is 12.4. The average molecular weight is 339 g/mol. The predicted molar refractivity (Wildman–Crippen MR) is 94.7 cm³/mol. The molecule has 1 aliphatic heterocycles. The van der Waals surface area contributed by atoms with Gasteiger partial charge in [0.25, 0.3) is 5.91 Å². The molecule has 1 heterocycles. The molecule has 0 radical (unpaired) electrons. The standard InChI is InChI=1S/C20H21NO4/c1-13(20(23)24)10-14-2-6-18(7-3-14)21-19(22)16-4-5-17-12-25-9-8-15(17)11-16/h2-7,11,13H,8-10,12H2,1H3,(H,21,22)(H,23,24). The molecule has 5 nitrogen and oxygen atoms in total. The average Bonchev–Trinajstić information content (AvgIpc) is 2.62. The number of hydrogen-bond acceptors (Lipinski definition) is 3. The topological polar surface area (TPSA) is 75.6 Å². The summed E-state index contributed by atoms with van der Waals surface area (Å²) < 4.78 is 5.41. The molecule has 1 aliphatic rings. The van der Waals surface area contributed by atoms with Crippen LogP contribution in [0.1, 0.15) is 34.0 Å². The van der Waals surface area contributed by atoms with Crippen LogP contribution in [0.3, 0.4) is 0 Å². The van der Waals surface area contributed by atoms with Gasteiger partial charge in [0.1, 0.15) is 0 Å². The number of nitrogens with one attached hydrogen (secondary N) is 1. The van der Waals surface area contributed by atoms with Crippen molar-refractivity contribution in [2.75, 3.05) is 11.9 Å². The molecule has 25 heavy (non-hydrogen) atoms. The number of benzene rings is 2. The Kier molecular flexibility index (Phi) is 5.14. The van der Waals surface area contributed by atoms with Crippen LogP contribution in [0.25, 0.3) is 0 Å². The maximum Gasteiger partial charge on any atom is 0.306 e. The lowest BCUT2D eigenvalue weighted by molar-refractivity contribution is -0.141. The molecule has 2 N–H and O–H groups in total. The van der Waals surface area contributed by atoms with Gasteiger partial charge in [-0.3, -0.25) is 9.59 Å². The first-order valence-electron chi connectivity index (χ1n) is 8.35. The first-order chi connectivity index (χ1) is 12.0. The van der Waals surface area contributed by atoms with Gasteiger partial charge in [-0.25, -0.2) is 0 Å². The maximum absolute atomic E-state index is 12.4. The second kappa shape index (κ2) is 7.49. The highest BCUT2D eigenvalue weighted by Gasteiger charge is 2.14. The fraction of sp³-hybridized carbons (Fsp3) is 0.300. The van der Waals surface area contributed by atoms with Crippen LogP contribution in [-0.2, 0) is 29.0 Å². The van der Waals surface area contributed by atoms with Crippen LogP contribution in [0.2, 0.25) is 0 Å². The number of hydrogen-bond donors (Lipinski definition) is 2. The van der Waals surface area contributed by atoms with Gasteiger partial charge in [0.2, 0.25) is 0 Å². The molecule has 0 aromatic heterocycles. The number of anilines is 1. The van der Waals surface area contributed by atoms with Crippen LogP contribution in [0, 0.1) is 5.92 Å². The third kappa shape index (κ3) is 4.25. The number of carboxylic acids is 1. The number of aliphatic carboxylic acids is 1. The van der Waals surface area contributed by atoms with Crippen LogP contribution in [0.5, 0.6) is 0 Å². The Morgan fingerprint density at radius 2 is 1.92 bits per heavy atom. The van der Waals surface area contributed by atoms with Gasteiger partial charge in [0, 0.05) is 11.3 Å². The van der Waals surface area contributed by atoms with E-state index >= 15 is 0 Å². The Bertz CT molecular complexity index is 783. The van der Waals surface area contributed by atoms with Crippen molar-refractivity contribution >= 4 is 17.6 Å². The molecular formula is C20H21NO4. The zero-order valence-electron chi connectivity index (χ0n) is 14.1. The second-order valence-corrected chi connectivity index (χ2v) is 6.38. The monoisotopic (exact) mass is 339 g/mol. The Labute approximate surface area is 146 Å². The van der Waals surface area contributed by atoms with Crippen LogP contribution >= 0.6 is 0 Å². The Hall–Kier alpha value is -2.66. The van der Waals surface area contributed by atoms with Gasteiger partial charge >= 0.3 is 5.97 Å². The minimum atomic E-state index is -0.810. The van der Waals surface area contributed by atoms with E-state index in [0.717, 1.165) is 23.1 Å². The van der Waals surface area contributed by atoms with Crippen LogP contribution < -0.4 is 5.32 Å². The van der Waals surface area contributed by atoms with Gasteiger partial charge < -0.3 is 15.2 Å². The van der Waals surface area contributed by atoms with Crippen LogP contribution in [0.4, 0.5) is 5.69 Å². The minimum Gasteiger partial charge on any atom is -0.481 e. The SMILES string of the molecule is CC(Cc1ccc(NC(=O)c2ccc3c(c2)CCOC3)cc1)C(=O)O. The van der Waals surface area contributed by atoms with E-state index in [4.69, 9.17) is 9.84 Å². The molecule has 1 unspecified atom stereocenters.